The number of hydrogen-bond acceptors (Lipinski definition) is 5. The second-order valence-corrected chi connectivity index (χ2v) is 12.8. The lowest BCUT2D eigenvalue weighted by Gasteiger charge is -2.39. The number of rotatable bonds is 10. The van der Waals surface area contributed by atoms with Crippen LogP contribution in [0.3, 0.4) is 0 Å². The van der Waals surface area contributed by atoms with Crippen LogP contribution in [-0.4, -0.2) is 45.6 Å². The van der Waals surface area contributed by atoms with E-state index in [1.54, 1.807) is 37.8 Å². The van der Waals surface area contributed by atoms with Crippen LogP contribution in [0.1, 0.15) is 69.3 Å². The minimum Gasteiger partial charge on any atom is -0.508 e. The van der Waals surface area contributed by atoms with Gasteiger partial charge in [-0.05, 0) is 105 Å². The van der Waals surface area contributed by atoms with Gasteiger partial charge in [-0.3, -0.25) is 9.59 Å². The van der Waals surface area contributed by atoms with Gasteiger partial charge in [-0.25, -0.2) is 4.79 Å². The Morgan fingerprint density at radius 1 is 0.870 bits per heavy atom. The fourth-order valence-corrected chi connectivity index (χ4v) is 5.63. The highest BCUT2D eigenvalue weighted by Crippen LogP contribution is 2.33. The lowest BCUT2D eigenvalue weighted by atomic mass is 9.91. The zero-order chi connectivity index (χ0) is 33.6. The Morgan fingerprint density at radius 2 is 1.50 bits per heavy atom. The average molecular weight is 624 g/mol. The Kier molecular flexibility index (Phi) is 10.7. The third-order valence-corrected chi connectivity index (χ3v) is 8.04. The molecule has 4 aromatic rings. The third-order valence-electron chi connectivity index (χ3n) is 8.04. The molecule has 0 fully saturated rings. The van der Waals surface area contributed by atoms with Crippen LogP contribution in [0.15, 0.2) is 84.9 Å². The molecule has 0 saturated carbocycles. The molecule has 0 aromatic heterocycles. The molecule has 4 rings (SSSR count). The molecule has 242 valence electrons. The number of alkyl carbamates (subject to hydrolysis) is 1. The van der Waals surface area contributed by atoms with E-state index >= 15 is 0 Å². The Bertz CT molecular complexity index is 1670. The van der Waals surface area contributed by atoms with Gasteiger partial charge in [0.1, 0.15) is 23.4 Å². The van der Waals surface area contributed by atoms with E-state index in [0.29, 0.717) is 12.1 Å². The summed E-state index contributed by atoms with van der Waals surface area (Å²) >= 11 is 0. The molecule has 3 N–H and O–H groups in total. The quantitative estimate of drug-likeness (QED) is 0.169. The van der Waals surface area contributed by atoms with Crippen LogP contribution in [-0.2, 0) is 20.7 Å². The van der Waals surface area contributed by atoms with E-state index in [0.717, 1.165) is 33.0 Å². The molecule has 3 unspecified atom stereocenters. The van der Waals surface area contributed by atoms with E-state index in [1.165, 1.54) is 12.1 Å². The summed E-state index contributed by atoms with van der Waals surface area (Å²) in [6.45, 7) is 13.0. The average Bonchev–Trinajstić information content (AvgIpc) is 2.99. The number of anilines is 1. The normalized spacial score (nSPS) is 13.4. The number of aromatic hydroxyl groups is 1. The van der Waals surface area contributed by atoms with E-state index in [2.05, 4.69) is 10.6 Å². The Morgan fingerprint density at radius 3 is 2.11 bits per heavy atom. The second-order valence-electron chi connectivity index (χ2n) is 12.8. The van der Waals surface area contributed by atoms with Gasteiger partial charge in [0.25, 0.3) is 5.91 Å². The molecule has 0 heterocycles. The summed E-state index contributed by atoms with van der Waals surface area (Å²) in [5.41, 5.74) is 3.03. The van der Waals surface area contributed by atoms with Gasteiger partial charge in [0, 0.05) is 18.2 Å². The van der Waals surface area contributed by atoms with E-state index < -0.39 is 29.7 Å². The molecule has 0 radical (unpaired) electrons. The van der Waals surface area contributed by atoms with Gasteiger partial charge < -0.3 is 25.4 Å². The number of carbonyl (C=O) groups is 3. The summed E-state index contributed by atoms with van der Waals surface area (Å²) in [6, 6.07) is 23.5. The Labute approximate surface area is 271 Å². The van der Waals surface area contributed by atoms with Crippen molar-refractivity contribution in [2.24, 2.45) is 0 Å². The van der Waals surface area contributed by atoms with E-state index in [-0.39, 0.29) is 24.1 Å². The number of ether oxygens (including phenoxy) is 1. The highest BCUT2D eigenvalue weighted by molar-refractivity contribution is 6.01. The fraction of sp³-hybridized carbons (Fsp3) is 0.342. The van der Waals surface area contributed by atoms with Crippen molar-refractivity contribution in [2.45, 2.75) is 85.0 Å². The summed E-state index contributed by atoms with van der Waals surface area (Å²) in [5, 5.41) is 17.8. The van der Waals surface area contributed by atoms with Crippen molar-refractivity contribution in [1.29, 1.82) is 0 Å². The number of amides is 3. The third kappa shape index (κ3) is 8.44. The molecular weight excluding hydrogens is 578 g/mol. The van der Waals surface area contributed by atoms with Gasteiger partial charge >= 0.3 is 6.09 Å². The molecule has 0 saturated heterocycles. The van der Waals surface area contributed by atoms with Crippen molar-refractivity contribution in [1.82, 2.24) is 10.2 Å². The minimum absolute atomic E-state index is 0.0911. The number of fused-ring (bicyclic) bond motifs is 1. The number of hydrogen-bond donors (Lipinski definition) is 3. The molecule has 8 heteroatoms. The maximum Gasteiger partial charge on any atom is 0.408 e. The monoisotopic (exact) mass is 623 g/mol. The highest BCUT2D eigenvalue weighted by Gasteiger charge is 2.40. The standard InChI is InChI=1S/C38H45N3O5/c1-8-26(4)41(36(44)32(40-37(45)46-38(5,6)7)22-27-16-20-31(42)21-17-27)34(33-24(2)12-11-13-25(33)3)35(43)39-30-19-18-28-14-9-10-15-29(28)23-30/h9-21,23,26,32,34,42H,8,22H2,1-7H3,(H,39,43)(H,40,45). The molecule has 0 aliphatic heterocycles. The number of nitrogens with one attached hydrogen (secondary N) is 2. The maximum absolute atomic E-state index is 14.8. The van der Waals surface area contributed by atoms with Crippen LogP contribution >= 0.6 is 0 Å². The van der Waals surface area contributed by atoms with Crippen molar-refractivity contribution in [3.05, 3.63) is 107 Å². The van der Waals surface area contributed by atoms with Gasteiger partial charge in [-0.1, -0.05) is 67.6 Å². The highest BCUT2D eigenvalue weighted by atomic mass is 16.6. The lowest BCUT2D eigenvalue weighted by Crippen LogP contribution is -2.55. The first-order chi connectivity index (χ1) is 21.8. The first kappa shape index (κ1) is 34.0. The van der Waals surface area contributed by atoms with Crippen molar-refractivity contribution in [2.75, 3.05) is 5.32 Å². The SMILES string of the molecule is CCC(C)N(C(=O)C(Cc1ccc(O)cc1)NC(=O)OC(C)(C)C)C(C(=O)Nc1ccc2ccccc2c1)c1c(C)cccc1C. The summed E-state index contributed by atoms with van der Waals surface area (Å²) in [5.74, 6) is -0.690. The first-order valence-electron chi connectivity index (χ1n) is 15.7. The lowest BCUT2D eigenvalue weighted by molar-refractivity contribution is -0.143. The van der Waals surface area contributed by atoms with Crippen molar-refractivity contribution in [3.63, 3.8) is 0 Å². The van der Waals surface area contributed by atoms with Gasteiger partial charge in [-0.15, -0.1) is 0 Å². The summed E-state index contributed by atoms with van der Waals surface area (Å²) in [7, 11) is 0. The van der Waals surface area contributed by atoms with Gasteiger partial charge in [0.15, 0.2) is 0 Å². The van der Waals surface area contributed by atoms with Crippen molar-refractivity contribution in [3.8, 4) is 5.75 Å². The van der Waals surface area contributed by atoms with Gasteiger partial charge in [0.05, 0.1) is 0 Å². The number of carbonyl (C=O) groups excluding carboxylic acids is 3. The van der Waals surface area contributed by atoms with E-state index in [1.807, 2.05) is 88.4 Å². The van der Waals surface area contributed by atoms with Crippen molar-refractivity contribution >= 4 is 34.4 Å². The summed E-state index contributed by atoms with van der Waals surface area (Å²) in [4.78, 5) is 44.0. The Hall–Kier alpha value is -4.85. The van der Waals surface area contributed by atoms with Crippen LogP contribution in [0, 0.1) is 13.8 Å². The zero-order valence-electron chi connectivity index (χ0n) is 27.8. The van der Waals surface area contributed by atoms with Crippen LogP contribution < -0.4 is 10.6 Å². The minimum atomic E-state index is -1.06. The van der Waals surface area contributed by atoms with Gasteiger partial charge in [0.2, 0.25) is 5.91 Å². The molecule has 0 aliphatic carbocycles. The largest absolute Gasteiger partial charge is 0.508 e. The number of benzene rings is 4. The van der Waals surface area contributed by atoms with Crippen LogP contribution in [0.4, 0.5) is 10.5 Å². The molecule has 0 spiro atoms. The molecule has 0 bridgehead atoms. The summed E-state index contributed by atoms with van der Waals surface area (Å²) < 4.78 is 5.55. The number of phenolic OH excluding ortho intramolecular Hbond substituents is 1. The predicted octanol–water partition coefficient (Wildman–Crippen LogP) is 7.61. The van der Waals surface area contributed by atoms with Gasteiger partial charge in [-0.2, -0.15) is 0 Å². The van der Waals surface area contributed by atoms with Crippen molar-refractivity contribution < 1.29 is 24.2 Å². The molecule has 0 aliphatic rings. The summed E-state index contributed by atoms with van der Waals surface area (Å²) in [6.07, 6.45) is -0.0516. The topological polar surface area (TPSA) is 108 Å². The molecular formula is C38H45N3O5. The maximum atomic E-state index is 14.8. The number of nitrogens with zero attached hydrogens (tertiary/aromatic N) is 1. The smallest absolute Gasteiger partial charge is 0.408 e. The number of aryl methyl sites for hydroxylation is 2. The molecule has 4 aromatic carbocycles. The second kappa shape index (κ2) is 14.5. The molecule has 3 atom stereocenters. The van der Waals surface area contributed by atoms with Crippen LogP contribution in [0.2, 0.25) is 0 Å². The first-order valence-corrected chi connectivity index (χ1v) is 15.7. The zero-order valence-corrected chi connectivity index (χ0v) is 27.8. The predicted molar refractivity (Wildman–Crippen MR) is 183 cm³/mol. The van der Waals surface area contributed by atoms with Crippen LogP contribution in [0.25, 0.3) is 10.8 Å². The van der Waals surface area contributed by atoms with E-state index in [4.69, 9.17) is 4.74 Å². The Balaban J connectivity index is 1.81. The fourth-order valence-electron chi connectivity index (χ4n) is 5.63. The molecule has 3 amide bonds. The molecule has 8 nitrogen and oxygen atoms in total. The van der Waals surface area contributed by atoms with Crippen LogP contribution in [0.5, 0.6) is 5.75 Å². The number of phenols is 1. The van der Waals surface area contributed by atoms with E-state index in [9.17, 15) is 19.5 Å². The molecule has 46 heavy (non-hydrogen) atoms.